The molecular weight excluding hydrogens is 258 g/mol. The standard InChI is InChI=1S/C18H21N3/c1-4-19-11-15-6-5-7-16(10-15)21-12-20-17-8-13(2)14(3)9-18(17)21/h5-10,12,19H,4,11H2,1-3H3. The van der Waals surface area contributed by atoms with Crippen LogP contribution in [0.4, 0.5) is 0 Å². The second-order valence-corrected chi connectivity index (χ2v) is 5.49. The molecule has 1 heterocycles. The highest BCUT2D eigenvalue weighted by Gasteiger charge is 2.07. The van der Waals surface area contributed by atoms with E-state index in [9.17, 15) is 0 Å². The maximum Gasteiger partial charge on any atom is 0.100 e. The van der Waals surface area contributed by atoms with Crippen LogP contribution in [-0.2, 0) is 6.54 Å². The third-order valence-electron chi connectivity index (χ3n) is 3.93. The Morgan fingerprint density at radius 1 is 1.10 bits per heavy atom. The molecule has 0 aliphatic heterocycles. The predicted molar refractivity (Wildman–Crippen MR) is 87.9 cm³/mol. The first-order valence-electron chi connectivity index (χ1n) is 7.43. The second-order valence-electron chi connectivity index (χ2n) is 5.49. The van der Waals surface area contributed by atoms with Gasteiger partial charge in [0.2, 0.25) is 0 Å². The summed E-state index contributed by atoms with van der Waals surface area (Å²) in [7, 11) is 0. The summed E-state index contributed by atoms with van der Waals surface area (Å²) >= 11 is 0. The van der Waals surface area contributed by atoms with E-state index in [-0.39, 0.29) is 0 Å². The number of aromatic nitrogens is 2. The molecule has 3 rings (SSSR count). The zero-order valence-electron chi connectivity index (χ0n) is 12.9. The van der Waals surface area contributed by atoms with Gasteiger partial charge in [-0.2, -0.15) is 0 Å². The fourth-order valence-electron chi connectivity index (χ4n) is 2.56. The van der Waals surface area contributed by atoms with Crippen LogP contribution in [0.5, 0.6) is 0 Å². The van der Waals surface area contributed by atoms with E-state index in [0.717, 1.165) is 24.3 Å². The van der Waals surface area contributed by atoms with E-state index >= 15 is 0 Å². The number of nitrogens with one attached hydrogen (secondary N) is 1. The van der Waals surface area contributed by atoms with Crippen molar-refractivity contribution >= 4 is 11.0 Å². The minimum atomic E-state index is 0.898. The first kappa shape index (κ1) is 13.8. The second kappa shape index (κ2) is 5.70. The van der Waals surface area contributed by atoms with Gasteiger partial charge >= 0.3 is 0 Å². The number of aryl methyl sites for hydroxylation is 2. The topological polar surface area (TPSA) is 29.9 Å². The van der Waals surface area contributed by atoms with Crippen molar-refractivity contribution in [1.82, 2.24) is 14.9 Å². The van der Waals surface area contributed by atoms with E-state index in [1.165, 1.54) is 22.2 Å². The van der Waals surface area contributed by atoms with Crippen LogP contribution in [0.3, 0.4) is 0 Å². The largest absolute Gasteiger partial charge is 0.313 e. The minimum absolute atomic E-state index is 0.898. The van der Waals surface area contributed by atoms with E-state index in [1.54, 1.807) is 0 Å². The number of imidazole rings is 1. The molecule has 3 heteroatoms. The van der Waals surface area contributed by atoms with Crippen LogP contribution >= 0.6 is 0 Å². The van der Waals surface area contributed by atoms with Gasteiger partial charge in [-0.15, -0.1) is 0 Å². The predicted octanol–water partition coefficient (Wildman–Crippen LogP) is 3.75. The summed E-state index contributed by atoms with van der Waals surface area (Å²) in [6, 6.07) is 13.0. The number of nitrogens with zero attached hydrogens (tertiary/aromatic N) is 2. The molecule has 0 saturated heterocycles. The lowest BCUT2D eigenvalue weighted by Gasteiger charge is -2.08. The molecule has 21 heavy (non-hydrogen) atoms. The molecule has 0 fully saturated rings. The molecule has 3 aromatic rings. The molecule has 0 atom stereocenters. The van der Waals surface area contributed by atoms with Crippen molar-refractivity contribution in [2.75, 3.05) is 6.54 Å². The fraction of sp³-hybridized carbons (Fsp3) is 0.278. The molecule has 0 radical (unpaired) electrons. The zero-order chi connectivity index (χ0) is 14.8. The lowest BCUT2D eigenvalue weighted by atomic mass is 10.1. The fourth-order valence-corrected chi connectivity index (χ4v) is 2.56. The molecule has 3 nitrogen and oxygen atoms in total. The molecule has 0 saturated carbocycles. The van der Waals surface area contributed by atoms with Crippen LogP contribution in [-0.4, -0.2) is 16.1 Å². The Morgan fingerprint density at radius 2 is 1.90 bits per heavy atom. The maximum atomic E-state index is 4.54. The first-order chi connectivity index (χ1) is 10.2. The third kappa shape index (κ3) is 2.69. The molecule has 1 aromatic heterocycles. The van der Waals surface area contributed by atoms with Crippen LogP contribution in [0.2, 0.25) is 0 Å². The molecule has 0 aliphatic rings. The Hall–Kier alpha value is -2.13. The number of fused-ring (bicyclic) bond motifs is 1. The van der Waals surface area contributed by atoms with Gasteiger partial charge in [-0.25, -0.2) is 4.98 Å². The average Bonchev–Trinajstić information content (AvgIpc) is 2.89. The van der Waals surface area contributed by atoms with E-state index in [0.29, 0.717) is 0 Å². The summed E-state index contributed by atoms with van der Waals surface area (Å²) in [5.74, 6) is 0. The molecule has 1 N–H and O–H groups in total. The molecule has 0 spiro atoms. The van der Waals surface area contributed by atoms with Gasteiger partial charge < -0.3 is 5.32 Å². The zero-order valence-corrected chi connectivity index (χ0v) is 12.9. The molecular formula is C18H21N3. The average molecular weight is 279 g/mol. The van der Waals surface area contributed by atoms with Crippen LogP contribution in [0, 0.1) is 13.8 Å². The van der Waals surface area contributed by atoms with Crippen molar-refractivity contribution < 1.29 is 0 Å². The summed E-state index contributed by atoms with van der Waals surface area (Å²) in [6.07, 6.45) is 1.91. The molecule has 0 unspecified atom stereocenters. The Bertz CT molecular complexity index is 771. The Morgan fingerprint density at radius 3 is 2.71 bits per heavy atom. The highest BCUT2D eigenvalue weighted by molar-refractivity contribution is 5.79. The van der Waals surface area contributed by atoms with E-state index in [4.69, 9.17) is 0 Å². The molecule has 0 amide bonds. The number of benzene rings is 2. The summed E-state index contributed by atoms with van der Waals surface area (Å²) in [6.45, 7) is 8.28. The van der Waals surface area contributed by atoms with Gasteiger partial charge in [-0.3, -0.25) is 4.57 Å². The number of rotatable bonds is 4. The maximum absolute atomic E-state index is 4.54. The van der Waals surface area contributed by atoms with Gasteiger partial charge in [0.05, 0.1) is 11.0 Å². The Labute approximate surface area is 125 Å². The van der Waals surface area contributed by atoms with Gasteiger partial charge in [0.25, 0.3) is 0 Å². The van der Waals surface area contributed by atoms with Crippen molar-refractivity contribution in [2.24, 2.45) is 0 Å². The van der Waals surface area contributed by atoms with Gasteiger partial charge in [0.15, 0.2) is 0 Å². The van der Waals surface area contributed by atoms with E-state index in [1.807, 2.05) is 6.33 Å². The first-order valence-corrected chi connectivity index (χ1v) is 7.43. The van der Waals surface area contributed by atoms with E-state index in [2.05, 4.69) is 72.0 Å². The quantitative estimate of drug-likeness (QED) is 0.788. The summed E-state index contributed by atoms with van der Waals surface area (Å²) < 4.78 is 2.16. The van der Waals surface area contributed by atoms with Gasteiger partial charge in [-0.1, -0.05) is 19.1 Å². The molecule has 108 valence electrons. The monoisotopic (exact) mass is 279 g/mol. The third-order valence-corrected chi connectivity index (χ3v) is 3.93. The SMILES string of the molecule is CCNCc1cccc(-n2cnc3cc(C)c(C)cc32)c1. The highest BCUT2D eigenvalue weighted by atomic mass is 15.0. The van der Waals surface area contributed by atoms with Crippen molar-refractivity contribution in [2.45, 2.75) is 27.3 Å². The van der Waals surface area contributed by atoms with Gasteiger partial charge in [0, 0.05) is 12.2 Å². The molecule has 0 aliphatic carbocycles. The van der Waals surface area contributed by atoms with Crippen molar-refractivity contribution in [3.05, 3.63) is 59.4 Å². The van der Waals surface area contributed by atoms with E-state index < -0.39 is 0 Å². The number of hydrogen-bond acceptors (Lipinski definition) is 2. The van der Waals surface area contributed by atoms with Crippen LogP contribution < -0.4 is 5.32 Å². The summed E-state index contributed by atoms with van der Waals surface area (Å²) in [5, 5.41) is 3.37. The number of hydrogen-bond donors (Lipinski definition) is 1. The lowest BCUT2D eigenvalue weighted by molar-refractivity contribution is 0.726. The van der Waals surface area contributed by atoms with Crippen molar-refractivity contribution in [3.63, 3.8) is 0 Å². The summed E-state index contributed by atoms with van der Waals surface area (Å²) in [5.41, 5.74) is 7.26. The van der Waals surface area contributed by atoms with Crippen LogP contribution in [0.1, 0.15) is 23.6 Å². The smallest absolute Gasteiger partial charge is 0.100 e. The molecule has 0 bridgehead atoms. The normalized spacial score (nSPS) is 11.2. The Kier molecular flexibility index (Phi) is 3.76. The Balaban J connectivity index is 2.06. The lowest BCUT2D eigenvalue weighted by Crippen LogP contribution is -2.11. The van der Waals surface area contributed by atoms with Gasteiger partial charge in [-0.05, 0) is 61.3 Å². The van der Waals surface area contributed by atoms with Gasteiger partial charge in [0.1, 0.15) is 6.33 Å². The minimum Gasteiger partial charge on any atom is -0.313 e. The van der Waals surface area contributed by atoms with Crippen molar-refractivity contribution in [1.29, 1.82) is 0 Å². The van der Waals surface area contributed by atoms with Crippen molar-refractivity contribution in [3.8, 4) is 5.69 Å². The highest BCUT2D eigenvalue weighted by Crippen LogP contribution is 2.22. The summed E-state index contributed by atoms with van der Waals surface area (Å²) in [4.78, 5) is 4.54. The van der Waals surface area contributed by atoms with Crippen LogP contribution in [0.25, 0.3) is 16.7 Å². The van der Waals surface area contributed by atoms with Crippen LogP contribution in [0.15, 0.2) is 42.7 Å². The molecule has 2 aromatic carbocycles.